The molecule has 9 heteroatoms. The monoisotopic (exact) mass is 464 g/mol. The van der Waals surface area contributed by atoms with Crippen LogP contribution < -0.4 is 4.90 Å². The molecule has 1 aliphatic heterocycles. The Morgan fingerprint density at radius 2 is 1.75 bits per heavy atom. The second-order valence-corrected chi connectivity index (χ2v) is 8.83. The molecule has 0 spiro atoms. The summed E-state index contributed by atoms with van der Waals surface area (Å²) < 4.78 is 1.79. The lowest BCUT2D eigenvalue weighted by Crippen LogP contribution is -2.50. The number of hydrogen-bond donors (Lipinski definition) is 0. The zero-order valence-corrected chi connectivity index (χ0v) is 18.8. The first kappa shape index (κ1) is 20.7. The first-order valence-corrected chi connectivity index (χ1v) is 11.6. The number of anilines is 1. The van der Waals surface area contributed by atoms with E-state index in [0.717, 1.165) is 21.8 Å². The van der Waals surface area contributed by atoms with Crippen molar-refractivity contribution in [3.8, 4) is 21.8 Å². The molecule has 32 heavy (non-hydrogen) atoms. The Balaban J connectivity index is 1.34. The predicted octanol–water partition coefficient (Wildman–Crippen LogP) is 4.07. The lowest BCUT2D eigenvalue weighted by molar-refractivity contribution is -0.132. The molecule has 1 aliphatic rings. The highest BCUT2D eigenvalue weighted by atomic mass is 35.5. The number of carbonyl (C=O) groups excluding carboxylic acids is 1. The molecule has 1 fully saturated rings. The van der Waals surface area contributed by atoms with Crippen molar-refractivity contribution < 1.29 is 4.79 Å². The molecule has 3 aromatic heterocycles. The van der Waals surface area contributed by atoms with E-state index in [2.05, 4.69) is 14.9 Å². The molecule has 0 atom stereocenters. The van der Waals surface area contributed by atoms with Crippen molar-refractivity contribution in [3.63, 3.8) is 0 Å². The maximum Gasteiger partial charge on any atom is 0.244 e. The second kappa shape index (κ2) is 9.10. The van der Waals surface area contributed by atoms with Crippen molar-refractivity contribution in [1.29, 1.82) is 0 Å². The SMILES string of the molecule is O=C(Cn1nc(-c2ccccc2)cc1-c1cc(Cl)cs1)N1CCN(c2ncccn2)CC1. The Bertz CT molecular complexity index is 1200. The van der Waals surface area contributed by atoms with Gasteiger partial charge in [-0.15, -0.1) is 11.3 Å². The minimum absolute atomic E-state index is 0.0465. The summed E-state index contributed by atoms with van der Waals surface area (Å²) in [6, 6.07) is 15.7. The molecule has 1 aromatic carbocycles. The van der Waals surface area contributed by atoms with Gasteiger partial charge in [-0.2, -0.15) is 5.10 Å². The van der Waals surface area contributed by atoms with Gasteiger partial charge in [-0.25, -0.2) is 9.97 Å². The minimum Gasteiger partial charge on any atom is -0.338 e. The van der Waals surface area contributed by atoms with E-state index in [1.807, 2.05) is 52.7 Å². The van der Waals surface area contributed by atoms with Gasteiger partial charge in [0.15, 0.2) is 0 Å². The van der Waals surface area contributed by atoms with E-state index >= 15 is 0 Å². The largest absolute Gasteiger partial charge is 0.338 e. The molecule has 0 bridgehead atoms. The first-order valence-electron chi connectivity index (χ1n) is 10.3. The summed E-state index contributed by atoms with van der Waals surface area (Å²) in [7, 11) is 0. The molecule has 1 amide bonds. The van der Waals surface area contributed by atoms with Gasteiger partial charge in [-0.3, -0.25) is 9.48 Å². The molecule has 4 aromatic rings. The molecule has 7 nitrogen and oxygen atoms in total. The number of halogens is 1. The van der Waals surface area contributed by atoms with Gasteiger partial charge in [-0.05, 0) is 18.2 Å². The van der Waals surface area contributed by atoms with Gasteiger partial charge < -0.3 is 9.80 Å². The Hall–Kier alpha value is -3.23. The fourth-order valence-electron chi connectivity index (χ4n) is 3.77. The third-order valence-electron chi connectivity index (χ3n) is 5.42. The van der Waals surface area contributed by atoms with Gasteiger partial charge in [0.05, 0.1) is 21.3 Å². The molecule has 1 saturated heterocycles. The number of rotatable bonds is 5. The Kier molecular flexibility index (Phi) is 5.87. The molecule has 0 N–H and O–H groups in total. The van der Waals surface area contributed by atoms with Crippen molar-refractivity contribution in [2.75, 3.05) is 31.1 Å². The number of thiophene rings is 1. The van der Waals surface area contributed by atoms with Gasteiger partial charge in [0.2, 0.25) is 11.9 Å². The molecular weight excluding hydrogens is 444 g/mol. The summed E-state index contributed by atoms with van der Waals surface area (Å²) in [5, 5.41) is 7.34. The molecule has 5 rings (SSSR count). The van der Waals surface area contributed by atoms with Crippen molar-refractivity contribution in [1.82, 2.24) is 24.6 Å². The number of benzene rings is 1. The zero-order valence-electron chi connectivity index (χ0n) is 17.3. The van der Waals surface area contributed by atoms with E-state index in [4.69, 9.17) is 16.7 Å². The van der Waals surface area contributed by atoms with Crippen LogP contribution in [0.25, 0.3) is 21.8 Å². The van der Waals surface area contributed by atoms with Gasteiger partial charge >= 0.3 is 0 Å². The molecular formula is C23H21ClN6OS. The quantitative estimate of drug-likeness (QED) is 0.445. The maximum absolute atomic E-state index is 13.1. The third-order valence-corrected chi connectivity index (χ3v) is 6.72. The normalized spacial score (nSPS) is 14.0. The van der Waals surface area contributed by atoms with Crippen LogP contribution in [0.1, 0.15) is 0 Å². The number of piperazine rings is 1. The van der Waals surface area contributed by atoms with E-state index in [-0.39, 0.29) is 12.5 Å². The van der Waals surface area contributed by atoms with Crippen molar-refractivity contribution in [3.05, 3.63) is 71.3 Å². The van der Waals surface area contributed by atoms with Crippen LogP contribution in [0.4, 0.5) is 5.95 Å². The number of hydrogen-bond acceptors (Lipinski definition) is 6. The van der Waals surface area contributed by atoms with Crippen LogP contribution in [-0.2, 0) is 11.3 Å². The average molecular weight is 465 g/mol. The van der Waals surface area contributed by atoms with E-state index < -0.39 is 0 Å². The summed E-state index contributed by atoms with van der Waals surface area (Å²) in [6.45, 7) is 2.85. The standard InChI is InChI=1S/C23H21ClN6OS/c24-18-13-21(32-16-18)20-14-19(17-5-2-1-3-6-17)27-30(20)15-22(31)28-9-11-29(12-10-28)23-25-7-4-8-26-23/h1-8,13-14,16H,9-12,15H2. The average Bonchev–Trinajstić information content (AvgIpc) is 3.46. The maximum atomic E-state index is 13.1. The number of amides is 1. The summed E-state index contributed by atoms with van der Waals surface area (Å²) in [4.78, 5) is 26.7. The van der Waals surface area contributed by atoms with Crippen LogP contribution >= 0.6 is 22.9 Å². The fraction of sp³-hybridized carbons (Fsp3) is 0.217. The molecule has 0 unspecified atom stereocenters. The Morgan fingerprint density at radius 1 is 1.00 bits per heavy atom. The van der Waals surface area contributed by atoms with Crippen molar-refractivity contribution in [2.24, 2.45) is 0 Å². The third kappa shape index (κ3) is 4.37. The number of nitrogens with zero attached hydrogens (tertiary/aromatic N) is 6. The fourth-order valence-corrected chi connectivity index (χ4v) is 4.87. The van der Waals surface area contributed by atoms with Crippen LogP contribution in [0.3, 0.4) is 0 Å². The smallest absolute Gasteiger partial charge is 0.244 e. The number of carbonyl (C=O) groups is 1. The van der Waals surface area contributed by atoms with Crippen molar-refractivity contribution in [2.45, 2.75) is 6.54 Å². The highest BCUT2D eigenvalue weighted by Crippen LogP contribution is 2.32. The lowest BCUT2D eigenvalue weighted by Gasteiger charge is -2.34. The first-order chi connectivity index (χ1) is 15.7. The minimum atomic E-state index is 0.0465. The van der Waals surface area contributed by atoms with Crippen LogP contribution in [0.5, 0.6) is 0 Å². The Labute approximate surface area is 194 Å². The number of aromatic nitrogens is 4. The molecule has 162 valence electrons. The van der Waals surface area contributed by atoms with Gasteiger partial charge in [0, 0.05) is 49.5 Å². The molecule has 0 saturated carbocycles. The van der Waals surface area contributed by atoms with E-state index in [1.165, 1.54) is 0 Å². The predicted molar refractivity (Wildman–Crippen MR) is 127 cm³/mol. The summed E-state index contributed by atoms with van der Waals surface area (Å²) in [5.41, 5.74) is 2.74. The van der Waals surface area contributed by atoms with Crippen LogP contribution in [0.15, 0.2) is 66.3 Å². The topological polar surface area (TPSA) is 67.2 Å². The van der Waals surface area contributed by atoms with Crippen LogP contribution in [-0.4, -0.2) is 56.7 Å². The molecule has 4 heterocycles. The van der Waals surface area contributed by atoms with Crippen LogP contribution in [0.2, 0.25) is 5.02 Å². The van der Waals surface area contributed by atoms with Crippen LogP contribution in [0, 0.1) is 0 Å². The highest BCUT2D eigenvalue weighted by molar-refractivity contribution is 7.14. The summed E-state index contributed by atoms with van der Waals surface area (Å²) in [5.74, 6) is 0.751. The Morgan fingerprint density at radius 3 is 2.44 bits per heavy atom. The molecule has 0 radical (unpaired) electrons. The second-order valence-electron chi connectivity index (χ2n) is 7.48. The summed E-state index contributed by atoms with van der Waals surface area (Å²) >= 11 is 7.72. The highest BCUT2D eigenvalue weighted by Gasteiger charge is 2.24. The van der Waals surface area contributed by atoms with E-state index in [1.54, 1.807) is 34.5 Å². The molecule has 0 aliphatic carbocycles. The van der Waals surface area contributed by atoms with Gasteiger partial charge in [0.25, 0.3) is 0 Å². The lowest BCUT2D eigenvalue weighted by atomic mass is 10.1. The summed E-state index contributed by atoms with van der Waals surface area (Å²) in [6.07, 6.45) is 3.47. The van der Waals surface area contributed by atoms with Crippen molar-refractivity contribution >= 4 is 34.8 Å². The van der Waals surface area contributed by atoms with Gasteiger partial charge in [-0.1, -0.05) is 41.9 Å². The van der Waals surface area contributed by atoms with E-state index in [9.17, 15) is 4.79 Å². The van der Waals surface area contributed by atoms with E-state index in [0.29, 0.717) is 37.1 Å². The zero-order chi connectivity index (χ0) is 21.9. The van der Waals surface area contributed by atoms with Gasteiger partial charge in [0.1, 0.15) is 6.54 Å².